The van der Waals surface area contributed by atoms with Crippen LogP contribution in [0.5, 0.6) is 0 Å². The molecule has 0 heterocycles. The van der Waals surface area contributed by atoms with Crippen LogP contribution >= 0.6 is 0 Å². The Labute approximate surface area is 80.0 Å². The Morgan fingerprint density at radius 3 is 2.62 bits per heavy atom. The minimum absolute atomic E-state index is 0.124. The first-order valence-electron chi connectivity index (χ1n) is 4.87. The molecule has 2 nitrogen and oxygen atoms in total. The topological polar surface area (TPSA) is 26.3 Å². The van der Waals surface area contributed by atoms with Crippen molar-refractivity contribution in [3.8, 4) is 0 Å². The van der Waals surface area contributed by atoms with Crippen LogP contribution < -0.4 is 0 Å². The zero-order chi connectivity index (χ0) is 9.90. The summed E-state index contributed by atoms with van der Waals surface area (Å²) in [5.41, 5.74) is 0.820. The molecule has 0 bridgehead atoms. The molecule has 0 radical (unpaired) electrons. The molecule has 0 saturated carbocycles. The van der Waals surface area contributed by atoms with Gasteiger partial charge in [-0.05, 0) is 39.5 Å². The van der Waals surface area contributed by atoms with Crippen LogP contribution in [-0.4, -0.2) is 13.1 Å². The Morgan fingerprint density at radius 1 is 1.46 bits per heavy atom. The third-order valence-corrected chi connectivity index (χ3v) is 2.79. The summed E-state index contributed by atoms with van der Waals surface area (Å²) in [5.74, 6) is -0.124. The van der Waals surface area contributed by atoms with Crippen molar-refractivity contribution in [1.82, 2.24) is 0 Å². The molecule has 1 aliphatic rings. The molecular formula is C11H18O2. The largest absolute Gasteiger partial charge is 0.468 e. The summed E-state index contributed by atoms with van der Waals surface area (Å²) < 4.78 is 4.79. The van der Waals surface area contributed by atoms with Crippen molar-refractivity contribution in [3.63, 3.8) is 0 Å². The highest BCUT2D eigenvalue weighted by Crippen LogP contribution is 2.34. The van der Waals surface area contributed by atoms with E-state index in [1.54, 1.807) is 0 Å². The molecule has 0 spiro atoms. The van der Waals surface area contributed by atoms with E-state index in [0.717, 1.165) is 12.8 Å². The second kappa shape index (κ2) is 3.95. The highest BCUT2D eigenvalue weighted by molar-refractivity contribution is 5.79. The monoisotopic (exact) mass is 182 g/mol. The van der Waals surface area contributed by atoms with Gasteiger partial charge in [0, 0.05) is 0 Å². The fourth-order valence-corrected chi connectivity index (χ4v) is 1.79. The van der Waals surface area contributed by atoms with Crippen LogP contribution in [0.2, 0.25) is 0 Å². The summed E-state index contributed by atoms with van der Waals surface area (Å²) in [4.78, 5) is 11.5. The first kappa shape index (κ1) is 10.3. The van der Waals surface area contributed by atoms with Gasteiger partial charge >= 0.3 is 5.97 Å². The van der Waals surface area contributed by atoms with Gasteiger partial charge < -0.3 is 4.74 Å². The smallest absolute Gasteiger partial charge is 0.315 e. The molecule has 0 aliphatic heterocycles. The SMILES string of the molecule is COC(=O)C(C)(C)C1=CCCCC1. The number of hydrogen-bond acceptors (Lipinski definition) is 2. The molecule has 1 rings (SSSR count). The van der Waals surface area contributed by atoms with Gasteiger partial charge in [0.25, 0.3) is 0 Å². The maximum atomic E-state index is 11.5. The fraction of sp³-hybridized carbons (Fsp3) is 0.727. The fourth-order valence-electron chi connectivity index (χ4n) is 1.79. The number of esters is 1. The molecule has 0 unspecified atom stereocenters. The van der Waals surface area contributed by atoms with E-state index < -0.39 is 5.41 Å². The molecule has 0 fully saturated rings. The van der Waals surface area contributed by atoms with Gasteiger partial charge in [0.1, 0.15) is 0 Å². The van der Waals surface area contributed by atoms with Crippen molar-refractivity contribution in [2.45, 2.75) is 39.5 Å². The Morgan fingerprint density at radius 2 is 2.15 bits per heavy atom. The lowest BCUT2D eigenvalue weighted by Crippen LogP contribution is -2.28. The minimum atomic E-state index is -0.421. The average Bonchev–Trinajstić information content (AvgIpc) is 2.18. The van der Waals surface area contributed by atoms with E-state index in [0.29, 0.717) is 0 Å². The molecule has 0 atom stereocenters. The van der Waals surface area contributed by atoms with Gasteiger partial charge in [-0.2, -0.15) is 0 Å². The molecule has 0 aromatic carbocycles. The third kappa shape index (κ3) is 2.11. The maximum absolute atomic E-state index is 11.5. The summed E-state index contributed by atoms with van der Waals surface area (Å²) in [6, 6.07) is 0. The van der Waals surface area contributed by atoms with E-state index in [4.69, 9.17) is 4.74 Å². The van der Waals surface area contributed by atoms with E-state index in [9.17, 15) is 4.79 Å². The van der Waals surface area contributed by atoms with Gasteiger partial charge in [-0.3, -0.25) is 4.79 Å². The van der Waals surface area contributed by atoms with Crippen molar-refractivity contribution in [3.05, 3.63) is 11.6 Å². The van der Waals surface area contributed by atoms with Crippen LogP contribution in [-0.2, 0) is 9.53 Å². The van der Waals surface area contributed by atoms with E-state index in [-0.39, 0.29) is 5.97 Å². The lowest BCUT2D eigenvalue weighted by molar-refractivity contribution is -0.148. The van der Waals surface area contributed by atoms with Crippen molar-refractivity contribution in [1.29, 1.82) is 0 Å². The summed E-state index contributed by atoms with van der Waals surface area (Å²) in [7, 11) is 1.45. The molecule has 1 aliphatic carbocycles. The summed E-state index contributed by atoms with van der Waals surface area (Å²) >= 11 is 0. The second-order valence-corrected chi connectivity index (χ2v) is 4.09. The Balaban J connectivity index is 2.78. The average molecular weight is 182 g/mol. The van der Waals surface area contributed by atoms with E-state index in [1.165, 1.54) is 25.5 Å². The van der Waals surface area contributed by atoms with Crippen LogP contribution in [0, 0.1) is 5.41 Å². The number of ether oxygens (including phenoxy) is 1. The van der Waals surface area contributed by atoms with Crippen molar-refractivity contribution in [2.75, 3.05) is 7.11 Å². The van der Waals surface area contributed by atoms with Gasteiger partial charge in [-0.25, -0.2) is 0 Å². The lowest BCUT2D eigenvalue weighted by atomic mass is 9.79. The zero-order valence-corrected chi connectivity index (χ0v) is 8.72. The number of allylic oxidation sites excluding steroid dienone is 1. The number of rotatable bonds is 2. The molecule has 0 aromatic rings. The van der Waals surface area contributed by atoms with Crippen LogP contribution in [0.25, 0.3) is 0 Å². The van der Waals surface area contributed by atoms with E-state index in [2.05, 4.69) is 6.08 Å². The normalized spacial score (nSPS) is 17.9. The van der Waals surface area contributed by atoms with Gasteiger partial charge in [0.15, 0.2) is 0 Å². The molecule has 74 valence electrons. The lowest BCUT2D eigenvalue weighted by Gasteiger charge is -2.27. The highest BCUT2D eigenvalue weighted by Gasteiger charge is 2.32. The van der Waals surface area contributed by atoms with Crippen molar-refractivity contribution in [2.24, 2.45) is 5.41 Å². The zero-order valence-electron chi connectivity index (χ0n) is 8.72. The molecule has 0 saturated heterocycles. The van der Waals surface area contributed by atoms with Gasteiger partial charge in [-0.15, -0.1) is 0 Å². The number of carbonyl (C=O) groups excluding carboxylic acids is 1. The summed E-state index contributed by atoms with van der Waals surface area (Å²) in [6.45, 7) is 3.88. The third-order valence-electron chi connectivity index (χ3n) is 2.79. The minimum Gasteiger partial charge on any atom is -0.468 e. The number of carbonyl (C=O) groups is 1. The molecule has 13 heavy (non-hydrogen) atoms. The first-order valence-corrected chi connectivity index (χ1v) is 4.87. The number of methoxy groups -OCH3 is 1. The van der Waals surface area contributed by atoms with Gasteiger partial charge in [0.05, 0.1) is 12.5 Å². The van der Waals surface area contributed by atoms with Crippen molar-refractivity contribution < 1.29 is 9.53 Å². The summed E-state index contributed by atoms with van der Waals surface area (Å²) in [5, 5.41) is 0. The second-order valence-electron chi connectivity index (χ2n) is 4.09. The summed E-state index contributed by atoms with van der Waals surface area (Å²) in [6.07, 6.45) is 6.80. The highest BCUT2D eigenvalue weighted by atomic mass is 16.5. The van der Waals surface area contributed by atoms with E-state index in [1.807, 2.05) is 13.8 Å². The standard InChI is InChI=1S/C11H18O2/c1-11(2,10(12)13-3)9-7-5-4-6-8-9/h7H,4-6,8H2,1-3H3. The molecule has 2 heteroatoms. The van der Waals surface area contributed by atoms with Crippen molar-refractivity contribution >= 4 is 5.97 Å². The first-order chi connectivity index (χ1) is 6.09. The molecule has 0 amide bonds. The predicted molar refractivity (Wildman–Crippen MR) is 52.3 cm³/mol. The van der Waals surface area contributed by atoms with Gasteiger partial charge in [-0.1, -0.05) is 11.6 Å². The van der Waals surface area contributed by atoms with Crippen LogP contribution in [0.15, 0.2) is 11.6 Å². The quantitative estimate of drug-likeness (QED) is 0.485. The molecule has 0 N–H and O–H groups in total. The van der Waals surface area contributed by atoms with Crippen LogP contribution in [0.1, 0.15) is 39.5 Å². The number of hydrogen-bond donors (Lipinski definition) is 0. The molecular weight excluding hydrogens is 164 g/mol. The predicted octanol–water partition coefficient (Wildman–Crippen LogP) is 2.69. The Kier molecular flexibility index (Phi) is 3.12. The van der Waals surface area contributed by atoms with E-state index >= 15 is 0 Å². The Bertz CT molecular complexity index is 226. The van der Waals surface area contributed by atoms with Crippen LogP contribution in [0.3, 0.4) is 0 Å². The van der Waals surface area contributed by atoms with Gasteiger partial charge in [0.2, 0.25) is 0 Å². The van der Waals surface area contributed by atoms with Crippen LogP contribution in [0.4, 0.5) is 0 Å². The molecule has 0 aromatic heterocycles. The maximum Gasteiger partial charge on any atom is 0.315 e. The Hall–Kier alpha value is -0.790.